The molecule has 2 nitrogen and oxygen atoms in total. The van der Waals surface area contributed by atoms with Gasteiger partial charge in [-0.3, -0.25) is 0 Å². The molecular formula is C18H32N2. The lowest BCUT2D eigenvalue weighted by atomic mass is 9.48. The number of rotatable bonds is 3. The molecule has 114 valence electrons. The van der Waals surface area contributed by atoms with E-state index in [9.17, 15) is 0 Å². The van der Waals surface area contributed by atoms with E-state index in [4.69, 9.17) is 0 Å². The van der Waals surface area contributed by atoms with Crippen LogP contribution in [0.25, 0.3) is 0 Å². The largest absolute Gasteiger partial charge is 0.310 e. The van der Waals surface area contributed by atoms with E-state index in [1.165, 1.54) is 32.2 Å². The molecule has 1 heterocycles. The molecule has 5 rings (SSSR count). The summed E-state index contributed by atoms with van der Waals surface area (Å²) < 4.78 is 0. The van der Waals surface area contributed by atoms with Crippen molar-refractivity contribution in [2.45, 2.75) is 76.9 Å². The third kappa shape index (κ3) is 2.14. The van der Waals surface area contributed by atoms with Crippen molar-refractivity contribution in [2.75, 3.05) is 13.6 Å². The molecule has 1 aliphatic heterocycles. The molecular weight excluding hydrogens is 244 g/mol. The number of likely N-dealkylation sites (N-methyl/N-ethyl adjacent to an activating group) is 1. The zero-order valence-electron chi connectivity index (χ0n) is 13.6. The molecule has 20 heavy (non-hydrogen) atoms. The molecule has 0 spiro atoms. The van der Waals surface area contributed by atoms with E-state index < -0.39 is 0 Å². The van der Waals surface area contributed by atoms with Crippen LogP contribution in [0.3, 0.4) is 0 Å². The fourth-order valence-electron chi connectivity index (χ4n) is 6.55. The first-order chi connectivity index (χ1) is 9.54. The highest BCUT2D eigenvalue weighted by Gasteiger charge is 2.53. The van der Waals surface area contributed by atoms with Crippen LogP contribution in [0.1, 0.15) is 58.8 Å². The van der Waals surface area contributed by atoms with Crippen LogP contribution in [-0.4, -0.2) is 36.6 Å². The third-order valence-electron chi connectivity index (χ3n) is 7.38. The molecule has 3 atom stereocenters. The summed E-state index contributed by atoms with van der Waals surface area (Å²) in [5.74, 6) is 3.24. The third-order valence-corrected chi connectivity index (χ3v) is 7.38. The molecule has 4 aliphatic carbocycles. The molecule has 1 saturated heterocycles. The van der Waals surface area contributed by atoms with Gasteiger partial charge in [0.1, 0.15) is 0 Å². The first-order valence-corrected chi connectivity index (χ1v) is 9.00. The average molecular weight is 276 g/mol. The molecule has 1 N–H and O–H groups in total. The topological polar surface area (TPSA) is 15.3 Å². The Balaban J connectivity index is 1.44. The lowest BCUT2D eigenvalue weighted by Gasteiger charge is -2.59. The van der Waals surface area contributed by atoms with Gasteiger partial charge in [-0.1, -0.05) is 0 Å². The normalized spacial score (nSPS) is 52.6. The van der Waals surface area contributed by atoms with Crippen LogP contribution in [0.4, 0.5) is 0 Å². The standard InChI is InChI=1S/C18H32N2/c1-12-4-17(11-20(12)3)19-13(2)18-8-14-5-15(9-18)7-16(6-14)10-18/h12-17,19H,4-11H2,1-3H3. The molecule has 5 aliphatic rings. The van der Waals surface area contributed by atoms with Gasteiger partial charge in [0, 0.05) is 24.7 Å². The van der Waals surface area contributed by atoms with E-state index in [0.29, 0.717) is 5.41 Å². The second-order valence-corrected chi connectivity index (χ2v) is 8.89. The maximum absolute atomic E-state index is 4.06. The highest BCUT2D eigenvalue weighted by atomic mass is 15.2. The lowest BCUT2D eigenvalue weighted by Crippen LogP contribution is -2.56. The second kappa shape index (κ2) is 4.71. The first-order valence-electron chi connectivity index (χ1n) is 9.00. The molecule has 0 aromatic heterocycles. The number of hydrogen-bond donors (Lipinski definition) is 1. The zero-order chi connectivity index (χ0) is 13.9. The lowest BCUT2D eigenvalue weighted by molar-refractivity contribution is -0.0719. The van der Waals surface area contributed by atoms with Crippen molar-refractivity contribution >= 4 is 0 Å². The smallest absolute Gasteiger partial charge is 0.0212 e. The Hall–Kier alpha value is -0.0800. The molecule has 5 fully saturated rings. The number of likely N-dealkylation sites (tertiary alicyclic amines) is 1. The summed E-state index contributed by atoms with van der Waals surface area (Å²) >= 11 is 0. The molecule has 2 heteroatoms. The van der Waals surface area contributed by atoms with Crippen LogP contribution >= 0.6 is 0 Å². The van der Waals surface area contributed by atoms with Gasteiger partial charge in [0.05, 0.1) is 0 Å². The van der Waals surface area contributed by atoms with Crippen molar-refractivity contribution in [1.82, 2.24) is 10.2 Å². The van der Waals surface area contributed by atoms with Crippen LogP contribution in [0, 0.1) is 23.2 Å². The summed E-state index contributed by atoms with van der Waals surface area (Å²) in [4.78, 5) is 2.52. The Morgan fingerprint density at radius 3 is 2.00 bits per heavy atom. The Labute approximate surface area is 124 Å². The molecule has 0 aromatic carbocycles. The molecule has 3 unspecified atom stereocenters. The maximum Gasteiger partial charge on any atom is 0.0212 e. The van der Waals surface area contributed by atoms with E-state index in [0.717, 1.165) is 35.9 Å². The fourth-order valence-corrected chi connectivity index (χ4v) is 6.55. The predicted molar refractivity (Wildman–Crippen MR) is 83.7 cm³/mol. The van der Waals surface area contributed by atoms with E-state index in [-0.39, 0.29) is 0 Å². The minimum atomic E-state index is 0.666. The van der Waals surface area contributed by atoms with E-state index in [1.807, 2.05) is 0 Å². The SMILES string of the molecule is CC1CC(NC(C)C23CC4CC(CC(C4)C2)C3)CN1C. The van der Waals surface area contributed by atoms with Crippen LogP contribution in [0.2, 0.25) is 0 Å². The molecule has 4 bridgehead atoms. The summed E-state index contributed by atoms with van der Waals surface area (Å²) in [6.07, 6.45) is 10.6. The van der Waals surface area contributed by atoms with Crippen LogP contribution in [0.5, 0.6) is 0 Å². The van der Waals surface area contributed by atoms with Gasteiger partial charge in [-0.05, 0) is 89.0 Å². The van der Waals surface area contributed by atoms with E-state index in [2.05, 4.69) is 31.1 Å². The Morgan fingerprint density at radius 1 is 1.00 bits per heavy atom. The van der Waals surface area contributed by atoms with Gasteiger partial charge < -0.3 is 10.2 Å². The van der Waals surface area contributed by atoms with Crippen molar-refractivity contribution < 1.29 is 0 Å². The van der Waals surface area contributed by atoms with Gasteiger partial charge in [-0.25, -0.2) is 0 Å². The Morgan fingerprint density at radius 2 is 1.55 bits per heavy atom. The fraction of sp³-hybridized carbons (Fsp3) is 1.00. The highest BCUT2D eigenvalue weighted by molar-refractivity contribution is 5.06. The van der Waals surface area contributed by atoms with Crippen LogP contribution in [0.15, 0.2) is 0 Å². The van der Waals surface area contributed by atoms with Gasteiger partial charge >= 0.3 is 0 Å². The summed E-state index contributed by atoms with van der Waals surface area (Å²) in [5.41, 5.74) is 0.666. The van der Waals surface area contributed by atoms with Crippen molar-refractivity contribution in [2.24, 2.45) is 23.2 Å². The Kier molecular flexibility index (Phi) is 3.20. The molecule has 0 radical (unpaired) electrons. The maximum atomic E-state index is 4.06. The highest BCUT2D eigenvalue weighted by Crippen LogP contribution is 2.61. The zero-order valence-corrected chi connectivity index (χ0v) is 13.6. The predicted octanol–water partition coefficient (Wildman–Crippen LogP) is 3.27. The second-order valence-electron chi connectivity index (χ2n) is 8.89. The molecule has 0 aromatic rings. The van der Waals surface area contributed by atoms with Gasteiger partial charge in [0.25, 0.3) is 0 Å². The monoisotopic (exact) mass is 276 g/mol. The van der Waals surface area contributed by atoms with Gasteiger partial charge in [0.2, 0.25) is 0 Å². The quantitative estimate of drug-likeness (QED) is 0.851. The van der Waals surface area contributed by atoms with Crippen LogP contribution in [-0.2, 0) is 0 Å². The molecule has 4 saturated carbocycles. The average Bonchev–Trinajstić information content (AvgIpc) is 2.66. The van der Waals surface area contributed by atoms with Crippen molar-refractivity contribution in [1.29, 1.82) is 0 Å². The van der Waals surface area contributed by atoms with E-state index >= 15 is 0 Å². The first kappa shape index (κ1) is 13.6. The van der Waals surface area contributed by atoms with Crippen molar-refractivity contribution in [3.8, 4) is 0 Å². The number of nitrogens with zero attached hydrogens (tertiary/aromatic N) is 1. The van der Waals surface area contributed by atoms with Gasteiger partial charge in [0.15, 0.2) is 0 Å². The molecule has 0 amide bonds. The summed E-state index contributed by atoms with van der Waals surface area (Å²) in [6, 6.07) is 2.23. The summed E-state index contributed by atoms with van der Waals surface area (Å²) in [6.45, 7) is 6.13. The number of nitrogens with one attached hydrogen (secondary N) is 1. The van der Waals surface area contributed by atoms with Gasteiger partial charge in [-0.2, -0.15) is 0 Å². The van der Waals surface area contributed by atoms with Crippen molar-refractivity contribution in [3.05, 3.63) is 0 Å². The summed E-state index contributed by atoms with van der Waals surface area (Å²) in [5, 5.41) is 4.06. The van der Waals surface area contributed by atoms with Crippen molar-refractivity contribution in [3.63, 3.8) is 0 Å². The summed E-state index contributed by atoms with van der Waals surface area (Å²) in [7, 11) is 2.28. The minimum Gasteiger partial charge on any atom is -0.310 e. The Bertz CT molecular complexity index is 332. The number of hydrogen-bond acceptors (Lipinski definition) is 2. The van der Waals surface area contributed by atoms with Crippen LogP contribution < -0.4 is 5.32 Å². The van der Waals surface area contributed by atoms with E-state index in [1.54, 1.807) is 19.3 Å². The van der Waals surface area contributed by atoms with Gasteiger partial charge in [-0.15, -0.1) is 0 Å². The minimum absolute atomic E-state index is 0.666.